The van der Waals surface area contributed by atoms with Crippen molar-refractivity contribution >= 4 is 6.03 Å². The molecule has 0 spiro atoms. The zero-order valence-corrected chi connectivity index (χ0v) is 14.7. The standard InChI is InChI=1S/C20H26N2O3/c1-15(13-23)16(2)22-20(24)21-12-17-8-10-19(11-9-17)25-14-18-6-4-3-5-7-18/h3-11,15-16,23H,12-14H2,1-2H3,(H2,21,22,24). The molecule has 2 unspecified atom stereocenters. The first kappa shape index (κ1) is 18.8. The van der Waals surface area contributed by atoms with Gasteiger partial charge in [-0.15, -0.1) is 0 Å². The molecule has 2 rings (SSSR count). The monoisotopic (exact) mass is 342 g/mol. The zero-order valence-electron chi connectivity index (χ0n) is 14.7. The third-order valence-corrected chi connectivity index (χ3v) is 4.13. The van der Waals surface area contributed by atoms with Crippen LogP contribution in [0.1, 0.15) is 25.0 Å². The van der Waals surface area contributed by atoms with E-state index in [-0.39, 0.29) is 24.6 Å². The minimum Gasteiger partial charge on any atom is -0.489 e. The van der Waals surface area contributed by atoms with E-state index in [2.05, 4.69) is 10.6 Å². The lowest BCUT2D eigenvalue weighted by Gasteiger charge is -2.19. The van der Waals surface area contributed by atoms with Crippen LogP contribution in [0.5, 0.6) is 5.75 Å². The zero-order chi connectivity index (χ0) is 18.1. The lowest BCUT2D eigenvalue weighted by Crippen LogP contribution is -2.43. The first-order chi connectivity index (χ1) is 12.1. The second-order valence-corrected chi connectivity index (χ2v) is 6.19. The minimum atomic E-state index is -0.239. The van der Waals surface area contributed by atoms with Crippen molar-refractivity contribution in [1.82, 2.24) is 10.6 Å². The van der Waals surface area contributed by atoms with E-state index >= 15 is 0 Å². The number of aliphatic hydroxyl groups excluding tert-OH is 1. The Balaban J connectivity index is 1.75. The Hall–Kier alpha value is -2.53. The maximum atomic E-state index is 11.8. The van der Waals surface area contributed by atoms with Crippen LogP contribution in [0.25, 0.3) is 0 Å². The Labute approximate surface area is 149 Å². The Morgan fingerprint density at radius 2 is 1.72 bits per heavy atom. The maximum absolute atomic E-state index is 11.8. The summed E-state index contributed by atoms with van der Waals surface area (Å²) in [4.78, 5) is 11.8. The summed E-state index contributed by atoms with van der Waals surface area (Å²) >= 11 is 0. The van der Waals surface area contributed by atoms with Crippen molar-refractivity contribution in [3.63, 3.8) is 0 Å². The number of carbonyl (C=O) groups excluding carboxylic acids is 1. The Kier molecular flexibility index (Phi) is 7.29. The highest BCUT2D eigenvalue weighted by molar-refractivity contribution is 5.74. The molecule has 0 aliphatic heterocycles. The van der Waals surface area contributed by atoms with E-state index in [9.17, 15) is 4.79 Å². The number of carbonyl (C=O) groups is 1. The molecule has 0 aromatic heterocycles. The van der Waals surface area contributed by atoms with E-state index in [1.54, 1.807) is 0 Å². The molecular weight excluding hydrogens is 316 g/mol. The molecule has 0 heterocycles. The number of amides is 2. The molecular formula is C20H26N2O3. The summed E-state index contributed by atoms with van der Waals surface area (Å²) in [6.45, 7) is 4.77. The van der Waals surface area contributed by atoms with Crippen molar-refractivity contribution in [2.24, 2.45) is 5.92 Å². The van der Waals surface area contributed by atoms with Crippen LogP contribution in [0, 0.1) is 5.92 Å². The number of rotatable bonds is 8. The molecule has 134 valence electrons. The van der Waals surface area contributed by atoms with E-state index < -0.39 is 0 Å². The summed E-state index contributed by atoms with van der Waals surface area (Å²) in [5.41, 5.74) is 2.11. The number of nitrogens with one attached hydrogen (secondary N) is 2. The van der Waals surface area contributed by atoms with Crippen LogP contribution >= 0.6 is 0 Å². The Morgan fingerprint density at radius 3 is 2.36 bits per heavy atom. The van der Waals surface area contributed by atoms with E-state index in [0.717, 1.165) is 16.9 Å². The number of ether oxygens (including phenoxy) is 1. The van der Waals surface area contributed by atoms with Crippen molar-refractivity contribution in [1.29, 1.82) is 0 Å². The van der Waals surface area contributed by atoms with Gasteiger partial charge in [-0.2, -0.15) is 0 Å². The molecule has 2 aromatic rings. The molecule has 0 radical (unpaired) electrons. The first-order valence-corrected chi connectivity index (χ1v) is 8.49. The van der Waals surface area contributed by atoms with Crippen molar-refractivity contribution < 1.29 is 14.6 Å². The van der Waals surface area contributed by atoms with Crippen molar-refractivity contribution in [2.45, 2.75) is 33.0 Å². The molecule has 0 aliphatic rings. The normalized spacial score (nSPS) is 12.9. The topological polar surface area (TPSA) is 70.6 Å². The molecule has 5 heteroatoms. The summed E-state index contributed by atoms with van der Waals surface area (Å²) in [7, 11) is 0. The quantitative estimate of drug-likeness (QED) is 0.690. The fourth-order valence-corrected chi connectivity index (χ4v) is 2.18. The predicted octanol–water partition coefficient (Wildman–Crippen LogP) is 3.08. The SMILES string of the molecule is CC(CO)C(C)NC(=O)NCc1ccc(OCc2ccccc2)cc1. The summed E-state index contributed by atoms with van der Waals surface area (Å²) < 4.78 is 5.74. The van der Waals surface area contributed by atoms with Crippen molar-refractivity contribution in [3.8, 4) is 5.75 Å². The lowest BCUT2D eigenvalue weighted by molar-refractivity contribution is 0.200. The average Bonchev–Trinajstić information content (AvgIpc) is 2.65. The number of aliphatic hydroxyl groups is 1. The third-order valence-electron chi connectivity index (χ3n) is 4.13. The molecule has 0 bridgehead atoms. The second-order valence-electron chi connectivity index (χ2n) is 6.19. The fourth-order valence-electron chi connectivity index (χ4n) is 2.18. The third kappa shape index (κ3) is 6.47. The highest BCUT2D eigenvalue weighted by atomic mass is 16.5. The van der Waals surface area contributed by atoms with Crippen LogP contribution in [0.2, 0.25) is 0 Å². The Bertz CT molecular complexity index is 644. The maximum Gasteiger partial charge on any atom is 0.315 e. The molecule has 0 saturated heterocycles. The van der Waals surface area contributed by atoms with Gasteiger partial charge in [0.1, 0.15) is 12.4 Å². The van der Waals surface area contributed by atoms with E-state index in [1.165, 1.54) is 0 Å². The Morgan fingerprint density at radius 1 is 1.04 bits per heavy atom. The lowest BCUT2D eigenvalue weighted by atomic mass is 10.1. The molecule has 3 N–H and O–H groups in total. The number of urea groups is 1. The van der Waals surface area contributed by atoms with Gasteiger partial charge in [-0.1, -0.05) is 49.4 Å². The second kappa shape index (κ2) is 9.69. The van der Waals surface area contributed by atoms with Gasteiger partial charge in [0.25, 0.3) is 0 Å². The van der Waals surface area contributed by atoms with Gasteiger partial charge < -0.3 is 20.5 Å². The van der Waals surface area contributed by atoms with Crippen LogP contribution in [-0.4, -0.2) is 23.8 Å². The molecule has 0 fully saturated rings. The summed E-state index contributed by atoms with van der Waals surface area (Å²) in [5.74, 6) is 0.814. The fraction of sp³-hybridized carbons (Fsp3) is 0.350. The number of hydrogen-bond donors (Lipinski definition) is 3. The van der Waals surface area contributed by atoms with Gasteiger partial charge in [0.05, 0.1) is 0 Å². The summed E-state index contributed by atoms with van der Waals surface area (Å²) in [6.07, 6.45) is 0. The van der Waals surface area contributed by atoms with Crippen LogP contribution < -0.4 is 15.4 Å². The smallest absolute Gasteiger partial charge is 0.315 e. The van der Waals surface area contributed by atoms with Gasteiger partial charge in [0, 0.05) is 19.2 Å². The molecule has 2 amide bonds. The number of hydrogen-bond acceptors (Lipinski definition) is 3. The van der Waals surface area contributed by atoms with E-state index in [1.807, 2.05) is 68.4 Å². The highest BCUT2D eigenvalue weighted by Crippen LogP contribution is 2.14. The summed E-state index contributed by atoms with van der Waals surface area (Å²) in [5, 5.41) is 14.7. The van der Waals surface area contributed by atoms with Gasteiger partial charge in [-0.3, -0.25) is 0 Å². The van der Waals surface area contributed by atoms with Gasteiger partial charge in [0.2, 0.25) is 0 Å². The van der Waals surface area contributed by atoms with Crippen LogP contribution in [0.3, 0.4) is 0 Å². The van der Waals surface area contributed by atoms with Crippen LogP contribution in [-0.2, 0) is 13.2 Å². The van der Waals surface area contributed by atoms with Crippen LogP contribution in [0.4, 0.5) is 4.79 Å². The van der Waals surface area contributed by atoms with Gasteiger partial charge in [0.15, 0.2) is 0 Å². The van der Waals surface area contributed by atoms with Crippen molar-refractivity contribution in [2.75, 3.05) is 6.61 Å². The molecule has 0 saturated carbocycles. The average molecular weight is 342 g/mol. The first-order valence-electron chi connectivity index (χ1n) is 8.49. The molecule has 0 aliphatic carbocycles. The molecule has 2 aromatic carbocycles. The van der Waals surface area contributed by atoms with E-state index in [0.29, 0.717) is 13.2 Å². The predicted molar refractivity (Wildman–Crippen MR) is 98.3 cm³/mol. The number of benzene rings is 2. The van der Waals surface area contributed by atoms with Gasteiger partial charge in [-0.05, 0) is 36.1 Å². The minimum absolute atomic E-state index is 0.0202. The summed E-state index contributed by atoms with van der Waals surface area (Å²) in [6, 6.07) is 17.3. The van der Waals surface area contributed by atoms with Crippen LogP contribution in [0.15, 0.2) is 54.6 Å². The highest BCUT2D eigenvalue weighted by Gasteiger charge is 2.13. The van der Waals surface area contributed by atoms with E-state index in [4.69, 9.17) is 9.84 Å². The van der Waals surface area contributed by atoms with Gasteiger partial charge in [-0.25, -0.2) is 4.79 Å². The molecule has 25 heavy (non-hydrogen) atoms. The van der Waals surface area contributed by atoms with Gasteiger partial charge >= 0.3 is 6.03 Å². The molecule has 2 atom stereocenters. The molecule has 5 nitrogen and oxygen atoms in total. The van der Waals surface area contributed by atoms with Crippen molar-refractivity contribution in [3.05, 3.63) is 65.7 Å². The largest absolute Gasteiger partial charge is 0.489 e.